The third-order valence-electron chi connectivity index (χ3n) is 10.4. The summed E-state index contributed by atoms with van der Waals surface area (Å²) in [6.45, 7) is 22.5. The van der Waals surface area contributed by atoms with E-state index in [0.717, 1.165) is 68.0 Å². The fourth-order valence-electron chi connectivity index (χ4n) is 6.73. The molecule has 0 fully saturated rings. The Labute approximate surface area is 372 Å². The zero-order valence-corrected chi connectivity index (χ0v) is 39.1. The van der Waals surface area contributed by atoms with Crippen LogP contribution in [-0.4, -0.2) is 27.5 Å². The molecule has 315 valence electrons. The van der Waals surface area contributed by atoms with Gasteiger partial charge in [0.1, 0.15) is 0 Å². The van der Waals surface area contributed by atoms with E-state index in [9.17, 15) is 14.3 Å². The largest absolute Gasteiger partial charge is 0.512 e. The molecule has 6 aromatic rings. The van der Waals surface area contributed by atoms with Crippen molar-refractivity contribution in [3.8, 4) is 22.5 Å². The van der Waals surface area contributed by atoms with Gasteiger partial charge in [0.15, 0.2) is 5.78 Å². The van der Waals surface area contributed by atoms with E-state index < -0.39 is 6.67 Å². The van der Waals surface area contributed by atoms with Gasteiger partial charge in [0.25, 0.3) is 0 Å². The molecule has 0 bridgehead atoms. The van der Waals surface area contributed by atoms with E-state index in [1.807, 2.05) is 83.1 Å². The molecule has 4 nitrogen and oxygen atoms in total. The number of aryl methyl sites for hydroxylation is 2. The molecule has 2 heterocycles. The van der Waals surface area contributed by atoms with Crippen LogP contribution in [0, 0.1) is 37.8 Å². The van der Waals surface area contributed by atoms with Crippen LogP contribution < -0.4 is 0 Å². The molecule has 0 saturated carbocycles. The van der Waals surface area contributed by atoms with Crippen molar-refractivity contribution in [2.75, 3.05) is 6.67 Å². The number of nitrogens with zero attached hydrogens (tertiary/aromatic N) is 2. The monoisotopic (exact) mass is 975 g/mol. The Morgan fingerprint density at radius 3 is 1.51 bits per heavy atom. The van der Waals surface area contributed by atoms with E-state index in [-0.39, 0.29) is 85.2 Å². The summed E-state index contributed by atoms with van der Waals surface area (Å²) in [5.74, 6) is -0.245. The summed E-state index contributed by atoms with van der Waals surface area (Å²) in [4.78, 5) is 20.5. The first-order chi connectivity index (χ1) is 29.1. The number of pyridine rings is 2. The number of carbonyl (C=O) groups excluding carboxylic acids is 1. The molecule has 0 saturated heterocycles. The third-order valence-corrected chi connectivity index (χ3v) is 10.4. The van der Waals surface area contributed by atoms with E-state index in [1.165, 1.54) is 17.2 Å². The van der Waals surface area contributed by atoms with E-state index in [1.54, 1.807) is 0 Å². The van der Waals surface area contributed by atoms with E-state index >= 15 is 0 Å². The van der Waals surface area contributed by atoms with Gasteiger partial charge >= 0.3 is 0 Å². The van der Waals surface area contributed by atoms with Crippen LogP contribution >= 0.6 is 0 Å². The topological polar surface area (TPSA) is 63.1 Å². The van der Waals surface area contributed by atoms with Crippen LogP contribution in [0.1, 0.15) is 116 Å². The normalized spacial score (nSPS) is 13.2. The van der Waals surface area contributed by atoms with Crippen LogP contribution in [0.4, 0.5) is 4.39 Å². The number of hydrogen-bond donors (Lipinski definition) is 1. The number of rotatable bonds is 10. The second-order valence-corrected chi connectivity index (χ2v) is 17.0. The minimum absolute atomic E-state index is 0. The van der Waals surface area contributed by atoms with Crippen molar-refractivity contribution in [2.45, 2.75) is 113 Å². The fourth-order valence-corrected chi connectivity index (χ4v) is 6.73. The van der Waals surface area contributed by atoms with Crippen LogP contribution in [-0.2, 0) is 35.7 Å². The number of aliphatic hydroxyl groups excluding tert-OH is 1. The van der Waals surface area contributed by atoms with Gasteiger partial charge < -0.3 is 15.1 Å². The van der Waals surface area contributed by atoms with Gasteiger partial charge in [-0.15, -0.1) is 69.8 Å². The number of benzene rings is 4. The van der Waals surface area contributed by atoms with E-state index in [0.29, 0.717) is 6.42 Å². The predicted molar refractivity (Wildman–Crippen MR) is 243 cm³/mol. The first kappa shape index (κ1) is 42.6. The maximum atomic E-state index is 12.2. The first-order valence-corrected chi connectivity index (χ1v) is 20.5. The number of ketones is 1. The predicted octanol–water partition coefficient (Wildman–Crippen LogP) is 14.4. The summed E-state index contributed by atoms with van der Waals surface area (Å²) in [5, 5.41) is 13.0. The molecule has 0 aliphatic carbocycles. The summed E-state index contributed by atoms with van der Waals surface area (Å²) >= 11 is 0. The number of carbonyl (C=O) groups is 1. The molecule has 1 unspecified atom stereocenters. The van der Waals surface area contributed by atoms with Crippen molar-refractivity contribution in [2.24, 2.45) is 11.8 Å². The number of alkyl halides is 1. The molecule has 4 aromatic carbocycles. The van der Waals surface area contributed by atoms with Gasteiger partial charge in [-0.3, -0.25) is 9.18 Å². The van der Waals surface area contributed by atoms with E-state index in [2.05, 4.69) is 87.9 Å². The molecule has 6 heteroatoms. The number of halogens is 1. The minimum Gasteiger partial charge on any atom is -0.512 e. The van der Waals surface area contributed by atoms with Crippen molar-refractivity contribution in [1.29, 1.82) is 0 Å². The smallest absolute Gasteiger partial charge is 0.162 e. The summed E-state index contributed by atoms with van der Waals surface area (Å²) in [6, 6.07) is 30.9. The molecule has 0 spiro atoms. The van der Waals surface area contributed by atoms with Gasteiger partial charge in [-0.1, -0.05) is 125 Å². The molecular weight excluding hydrogens is 908 g/mol. The Morgan fingerprint density at radius 1 is 0.729 bits per heavy atom. The number of allylic oxidation sites excluding steroid dienone is 2. The van der Waals surface area contributed by atoms with Crippen molar-refractivity contribution in [1.82, 2.24) is 9.97 Å². The van der Waals surface area contributed by atoms with Gasteiger partial charge in [0, 0.05) is 50.4 Å². The average molecular weight is 975 g/mol. The molecular formula is C53H63FIrN2O2-2. The third kappa shape index (κ3) is 13.5. The maximum Gasteiger partial charge on any atom is 0.162 e. The van der Waals surface area contributed by atoms with Crippen LogP contribution in [0.15, 0.2) is 109 Å². The average Bonchev–Trinajstić information content (AvgIpc) is 3.22. The fraction of sp³-hybridized carbons (Fsp3) is 0.377. The molecule has 2 aromatic heterocycles. The number of hydrogen-bond acceptors (Lipinski definition) is 4. The second-order valence-electron chi connectivity index (χ2n) is 17.0. The number of fused-ring (bicyclic) bond motifs is 2. The first-order valence-electron chi connectivity index (χ1n) is 22.5. The van der Waals surface area contributed by atoms with E-state index in [4.69, 9.17) is 5.48 Å². The van der Waals surface area contributed by atoms with Gasteiger partial charge in [-0.05, 0) is 81.5 Å². The molecule has 0 aliphatic heterocycles. The summed E-state index contributed by atoms with van der Waals surface area (Å²) in [7, 11) is 0. The van der Waals surface area contributed by atoms with Gasteiger partial charge in [0.05, 0.1) is 17.9 Å². The quantitative estimate of drug-likeness (QED) is 0.0844. The van der Waals surface area contributed by atoms with Crippen LogP contribution in [0.3, 0.4) is 0 Å². The molecule has 0 aliphatic rings. The van der Waals surface area contributed by atoms with Gasteiger partial charge in [-0.25, -0.2) is 0 Å². The summed E-state index contributed by atoms with van der Waals surface area (Å²) < 4.78 is 44.4. The van der Waals surface area contributed by atoms with Crippen molar-refractivity contribution < 1.29 is 39.9 Å². The molecule has 6 rings (SSSR count). The SMILES string of the molecule is CCC(CC)C(=O)/C=C(\O)C(CC)CCF.[2H]c1nc(-c2[c-]c(C)cc(C(C)(C)C)c2)c2ccccc2c1[2H].[2H]c1nc(-c2[c-]c(C)cc(C(C)(C)C)c2)c2ccccc2c1[2H].[Ir]. The Balaban J connectivity index is 0.000000255. The minimum atomic E-state index is -0.463. The standard InChI is InChI=1S/2C20H20N.C13H23FO2.Ir/c2*1-14-11-16(13-17(12-14)20(2,3)4)19-18-8-6-5-7-15(18)9-10-21-19;1-4-10(5-2)12(15)9-13(16)11(6-3)7-8-14;/h2*5-10,12-13H,1-4H3;9-11,16H,4-8H2,1-3H3;/q2*-1;;/b;;13-9-;/i2*9D,10D;;. The Hall–Kier alpha value is -4.51. The summed E-state index contributed by atoms with van der Waals surface area (Å²) in [6.07, 6.45) is 3.80. The van der Waals surface area contributed by atoms with Crippen molar-refractivity contribution >= 4 is 27.3 Å². The summed E-state index contributed by atoms with van der Waals surface area (Å²) in [5.41, 5.74) is 7.85. The van der Waals surface area contributed by atoms with Gasteiger partial charge in [-0.2, -0.15) is 0 Å². The molecule has 0 amide bonds. The molecule has 59 heavy (non-hydrogen) atoms. The zero-order chi connectivity index (χ0) is 46.1. The Morgan fingerprint density at radius 2 is 1.14 bits per heavy atom. The van der Waals surface area contributed by atoms with Crippen LogP contribution in [0.5, 0.6) is 0 Å². The maximum absolute atomic E-state index is 12.2. The van der Waals surface area contributed by atoms with Gasteiger partial charge in [0.2, 0.25) is 0 Å². The van der Waals surface area contributed by atoms with Crippen LogP contribution in [0.25, 0.3) is 44.1 Å². The molecule has 1 N–H and O–H groups in total. The number of aliphatic hydroxyl groups is 1. The Kier molecular flexibility index (Phi) is 16.0. The molecule has 1 radical (unpaired) electrons. The second kappa shape index (κ2) is 22.2. The zero-order valence-electron chi connectivity index (χ0n) is 40.7. The Bertz CT molecular complexity index is 2390. The van der Waals surface area contributed by atoms with Crippen molar-refractivity contribution in [3.05, 3.63) is 143 Å². The molecule has 1 atom stereocenters. The number of aromatic nitrogens is 2. The van der Waals surface area contributed by atoms with Crippen LogP contribution in [0.2, 0.25) is 0 Å². The van der Waals surface area contributed by atoms with Crippen molar-refractivity contribution in [3.63, 3.8) is 0 Å².